The molecule has 8 nitrogen and oxygen atoms in total. The zero-order chi connectivity index (χ0) is 19.7. The van der Waals surface area contributed by atoms with Crippen molar-refractivity contribution in [1.29, 1.82) is 0 Å². The molecule has 1 aliphatic carbocycles. The van der Waals surface area contributed by atoms with Crippen molar-refractivity contribution in [2.75, 3.05) is 35.5 Å². The molecule has 4 rings (SSSR count). The molecule has 2 aromatic rings. The number of aromatic nitrogens is 2. The first-order chi connectivity index (χ1) is 13.6. The van der Waals surface area contributed by atoms with E-state index < -0.39 is 0 Å². The number of anilines is 4. The Bertz CT molecular complexity index is 868. The van der Waals surface area contributed by atoms with Gasteiger partial charge in [-0.2, -0.15) is 4.98 Å². The number of methoxy groups -OCH3 is 1. The molecule has 1 aromatic carbocycles. The lowest BCUT2D eigenvalue weighted by Crippen LogP contribution is -2.35. The van der Waals surface area contributed by atoms with Crippen LogP contribution in [-0.4, -0.2) is 42.6 Å². The zero-order valence-electron chi connectivity index (χ0n) is 16.3. The van der Waals surface area contributed by atoms with Crippen LogP contribution in [0.4, 0.5) is 23.1 Å². The Morgan fingerprint density at radius 3 is 2.75 bits per heavy atom. The molecular weight excluding hydrogens is 356 g/mol. The summed E-state index contributed by atoms with van der Waals surface area (Å²) in [6.07, 6.45) is 6.83. The molecule has 0 saturated heterocycles. The molecule has 1 fully saturated rings. The van der Waals surface area contributed by atoms with E-state index in [4.69, 9.17) is 15.6 Å². The Morgan fingerprint density at radius 2 is 2.00 bits per heavy atom. The molecule has 1 aromatic heterocycles. The highest BCUT2D eigenvalue weighted by atomic mass is 16.5. The van der Waals surface area contributed by atoms with Gasteiger partial charge in [0.25, 0.3) is 0 Å². The number of hydrogen-bond donors (Lipinski definition) is 1. The topological polar surface area (TPSA) is 87.8 Å². The van der Waals surface area contributed by atoms with Gasteiger partial charge in [0.1, 0.15) is 17.1 Å². The molecule has 2 N–H and O–H groups in total. The van der Waals surface area contributed by atoms with Crippen LogP contribution in [0, 0.1) is 0 Å². The minimum absolute atomic E-state index is 0.0763. The van der Waals surface area contributed by atoms with E-state index in [0.29, 0.717) is 36.4 Å². The SMILES string of the molecule is COc1ccccc1N(N)c1ncc2c(n1)N(C1CCCC1)CCC(=O)N2C. The number of para-hydroxylation sites is 2. The Kier molecular flexibility index (Phi) is 5.04. The van der Waals surface area contributed by atoms with E-state index in [0.717, 1.165) is 24.3 Å². The lowest BCUT2D eigenvalue weighted by atomic mass is 10.2. The van der Waals surface area contributed by atoms with E-state index in [1.165, 1.54) is 17.9 Å². The highest BCUT2D eigenvalue weighted by molar-refractivity contribution is 5.97. The molecule has 2 heterocycles. The lowest BCUT2D eigenvalue weighted by Gasteiger charge is -2.30. The summed E-state index contributed by atoms with van der Waals surface area (Å²) in [6, 6.07) is 7.88. The number of amides is 1. The normalized spacial score (nSPS) is 17.5. The minimum Gasteiger partial charge on any atom is -0.495 e. The summed E-state index contributed by atoms with van der Waals surface area (Å²) >= 11 is 0. The first-order valence-corrected chi connectivity index (χ1v) is 9.68. The number of benzene rings is 1. The highest BCUT2D eigenvalue weighted by Crippen LogP contribution is 2.37. The number of hydrazine groups is 1. The molecule has 1 amide bonds. The minimum atomic E-state index is 0.0763. The van der Waals surface area contributed by atoms with Crippen LogP contribution >= 0.6 is 0 Å². The van der Waals surface area contributed by atoms with Crippen molar-refractivity contribution in [3.05, 3.63) is 30.5 Å². The number of ether oxygens (including phenoxy) is 1. The van der Waals surface area contributed by atoms with Gasteiger partial charge in [-0.05, 0) is 25.0 Å². The van der Waals surface area contributed by atoms with Crippen LogP contribution in [0.15, 0.2) is 30.5 Å². The predicted molar refractivity (Wildman–Crippen MR) is 109 cm³/mol. The van der Waals surface area contributed by atoms with Crippen molar-refractivity contribution in [1.82, 2.24) is 9.97 Å². The summed E-state index contributed by atoms with van der Waals surface area (Å²) in [7, 11) is 3.38. The summed E-state index contributed by atoms with van der Waals surface area (Å²) in [6.45, 7) is 0.663. The molecule has 2 aliphatic rings. The first kappa shape index (κ1) is 18.5. The molecule has 0 radical (unpaired) electrons. The quantitative estimate of drug-likeness (QED) is 0.642. The maximum absolute atomic E-state index is 12.5. The summed E-state index contributed by atoms with van der Waals surface area (Å²) in [5.41, 5.74) is 1.40. The fourth-order valence-electron chi connectivity index (χ4n) is 4.05. The van der Waals surface area contributed by atoms with Gasteiger partial charge in [0.05, 0.1) is 13.3 Å². The second kappa shape index (κ2) is 7.63. The molecule has 148 valence electrons. The Balaban J connectivity index is 1.76. The van der Waals surface area contributed by atoms with Gasteiger partial charge < -0.3 is 14.5 Å². The van der Waals surface area contributed by atoms with Crippen molar-refractivity contribution < 1.29 is 9.53 Å². The van der Waals surface area contributed by atoms with Gasteiger partial charge in [-0.15, -0.1) is 0 Å². The maximum atomic E-state index is 12.5. The number of fused-ring (bicyclic) bond motifs is 1. The number of nitrogens with two attached hydrogens (primary N) is 1. The van der Waals surface area contributed by atoms with Crippen LogP contribution in [0.3, 0.4) is 0 Å². The molecule has 1 aliphatic heterocycles. The molecule has 0 bridgehead atoms. The van der Waals surface area contributed by atoms with E-state index >= 15 is 0 Å². The third-order valence-electron chi connectivity index (χ3n) is 5.64. The van der Waals surface area contributed by atoms with Crippen molar-refractivity contribution in [3.63, 3.8) is 0 Å². The smallest absolute Gasteiger partial charge is 0.246 e. The standard InChI is InChI=1S/C20H26N6O2/c1-24-16-13-22-20(26(21)15-9-5-6-10-17(15)28-2)23-19(16)25(12-11-18(24)27)14-7-3-4-8-14/h5-6,9-10,13-14H,3-4,7-8,11-12,21H2,1-2H3. The average molecular weight is 382 g/mol. The second-order valence-electron chi connectivity index (χ2n) is 7.26. The Hall–Kier alpha value is -2.87. The van der Waals surface area contributed by atoms with E-state index in [-0.39, 0.29) is 5.91 Å². The predicted octanol–water partition coefficient (Wildman–Crippen LogP) is 2.61. The highest BCUT2D eigenvalue weighted by Gasteiger charge is 2.32. The van der Waals surface area contributed by atoms with Gasteiger partial charge in [0, 0.05) is 26.1 Å². The largest absolute Gasteiger partial charge is 0.495 e. The van der Waals surface area contributed by atoms with Crippen LogP contribution < -0.4 is 25.4 Å². The van der Waals surface area contributed by atoms with Gasteiger partial charge in [-0.1, -0.05) is 25.0 Å². The van der Waals surface area contributed by atoms with Gasteiger partial charge in [0.2, 0.25) is 11.9 Å². The molecular formula is C20H26N6O2. The van der Waals surface area contributed by atoms with Gasteiger partial charge in [-0.3, -0.25) is 4.79 Å². The summed E-state index contributed by atoms with van der Waals surface area (Å²) in [4.78, 5) is 25.6. The fraction of sp³-hybridized carbons (Fsp3) is 0.450. The van der Waals surface area contributed by atoms with E-state index in [9.17, 15) is 4.79 Å². The first-order valence-electron chi connectivity index (χ1n) is 9.68. The van der Waals surface area contributed by atoms with Gasteiger partial charge in [0.15, 0.2) is 5.82 Å². The van der Waals surface area contributed by atoms with Crippen LogP contribution in [0.25, 0.3) is 0 Å². The number of rotatable bonds is 4. The van der Waals surface area contributed by atoms with Crippen LogP contribution in [0.2, 0.25) is 0 Å². The molecule has 0 atom stereocenters. The van der Waals surface area contributed by atoms with Crippen LogP contribution in [-0.2, 0) is 4.79 Å². The average Bonchev–Trinajstić information content (AvgIpc) is 3.23. The van der Waals surface area contributed by atoms with E-state index in [1.54, 1.807) is 25.3 Å². The number of nitrogens with zero attached hydrogens (tertiary/aromatic N) is 5. The lowest BCUT2D eigenvalue weighted by molar-refractivity contribution is -0.118. The van der Waals surface area contributed by atoms with Crippen LogP contribution in [0.1, 0.15) is 32.1 Å². The molecule has 0 unspecified atom stereocenters. The number of carbonyl (C=O) groups excluding carboxylic acids is 1. The van der Waals surface area contributed by atoms with Gasteiger partial charge in [-0.25, -0.2) is 15.8 Å². The van der Waals surface area contributed by atoms with Crippen molar-refractivity contribution >= 4 is 29.0 Å². The third kappa shape index (κ3) is 3.24. The molecule has 0 spiro atoms. The van der Waals surface area contributed by atoms with E-state index in [1.807, 2.05) is 24.3 Å². The monoisotopic (exact) mass is 382 g/mol. The van der Waals surface area contributed by atoms with E-state index in [2.05, 4.69) is 9.88 Å². The summed E-state index contributed by atoms with van der Waals surface area (Å²) in [5.74, 6) is 8.22. The molecule has 8 heteroatoms. The van der Waals surface area contributed by atoms with Crippen molar-refractivity contribution in [2.45, 2.75) is 38.1 Å². The summed E-state index contributed by atoms with van der Waals surface area (Å²) in [5, 5.41) is 1.43. The number of carbonyl (C=O) groups is 1. The molecule has 1 saturated carbocycles. The zero-order valence-corrected chi connectivity index (χ0v) is 16.3. The summed E-state index contributed by atoms with van der Waals surface area (Å²) < 4.78 is 5.41. The Morgan fingerprint density at radius 1 is 1.25 bits per heavy atom. The van der Waals surface area contributed by atoms with Crippen molar-refractivity contribution in [3.8, 4) is 5.75 Å². The maximum Gasteiger partial charge on any atom is 0.246 e. The van der Waals surface area contributed by atoms with Crippen molar-refractivity contribution in [2.24, 2.45) is 5.84 Å². The second-order valence-corrected chi connectivity index (χ2v) is 7.26. The third-order valence-corrected chi connectivity index (χ3v) is 5.64. The Labute approximate surface area is 164 Å². The van der Waals surface area contributed by atoms with Crippen LogP contribution in [0.5, 0.6) is 5.75 Å². The number of hydrogen-bond acceptors (Lipinski definition) is 7. The van der Waals surface area contributed by atoms with Gasteiger partial charge >= 0.3 is 0 Å². The fourth-order valence-corrected chi connectivity index (χ4v) is 4.05. The molecule has 28 heavy (non-hydrogen) atoms.